The van der Waals surface area contributed by atoms with E-state index in [1.807, 2.05) is 17.5 Å². The van der Waals surface area contributed by atoms with Gasteiger partial charge in [-0.2, -0.15) is 10.2 Å². The van der Waals surface area contributed by atoms with Gasteiger partial charge in [0.2, 0.25) is 0 Å². The van der Waals surface area contributed by atoms with Gasteiger partial charge in [0.15, 0.2) is 0 Å². The fourth-order valence-corrected chi connectivity index (χ4v) is 1.77. The molecular formula is C8H8N2OS. The summed E-state index contributed by atoms with van der Waals surface area (Å²) in [7, 11) is 0. The molecule has 0 saturated carbocycles. The van der Waals surface area contributed by atoms with Crippen molar-refractivity contribution >= 4 is 22.8 Å². The zero-order chi connectivity index (χ0) is 8.39. The number of aliphatic hydroxyl groups excluding tert-OH is 1. The molecule has 1 aliphatic heterocycles. The van der Waals surface area contributed by atoms with E-state index in [0.29, 0.717) is 6.42 Å². The minimum atomic E-state index is 0.0123. The van der Waals surface area contributed by atoms with Crippen molar-refractivity contribution < 1.29 is 5.11 Å². The third-order valence-electron chi connectivity index (χ3n) is 1.67. The van der Waals surface area contributed by atoms with Crippen molar-refractivity contribution in [3.63, 3.8) is 0 Å². The van der Waals surface area contributed by atoms with E-state index in [0.717, 1.165) is 16.3 Å². The van der Waals surface area contributed by atoms with Gasteiger partial charge in [-0.25, -0.2) is 0 Å². The molecule has 0 amide bonds. The molecule has 0 fully saturated rings. The average molecular weight is 180 g/mol. The Morgan fingerprint density at radius 2 is 2.42 bits per heavy atom. The van der Waals surface area contributed by atoms with E-state index >= 15 is 0 Å². The summed E-state index contributed by atoms with van der Waals surface area (Å²) in [5, 5.41) is 18.6. The zero-order valence-corrected chi connectivity index (χ0v) is 7.21. The quantitative estimate of drug-likeness (QED) is 0.732. The molecule has 62 valence electrons. The molecule has 2 heterocycles. The highest BCUT2D eigenvalue weighted by Crippen LogP contribution is 2.16. The maximum absolute atomic E-state index is 8.78. The average Bonchev–Trinajstić information content (AvgIpc) is 2.75. The van der Waals surface area contributed by atoms with E-state index in [1.54, 1.807) is 11.3 Å². The third-order valence-corrected chi connectivity index (χ3v) is 2.59. The second-order valence-corrected chi connectivity index (χ2v) is 3.47. The molecule has 1 aromatic heterocycles. The molecule has 4 heteroatoms. The SMILES string of the molecule is OCC1=NN=C(c2cccs2)C1. The Balaban J connectivity index is 2.13. The largest absolute Gasteiger partial charge is 0.390 e. The summed E-state index contributed by atoms with van der Waals surface area (Å²) >= 11 is 1.65. The Bertz CT molecular complexity index is 327. The van der Waals surface area contributed by atoms with Crippen molar-refractivity contribution in [2.24, 2.45) is 10.2 Å². The highest BCUT2D eigenvalue weighted by atomic mass is 32.1. The van der Waals surface area contributed by atoms with Crippen molar-refractivity contribution in [2.45, 2.75) is 6.42 Å². The van der Waals surface area contributed by atoms with Crippen LogP contribution in [0.2, 0.25) is 0 Å². The maximum atomic E-state index is 8.78. The lowest BCUT2D eigenvalue weighted by atomic mass is 10.2. The van der Waals surface area contributed by atoms with Gasteiger partial charge >= 0.3 is 0 Å². The Morgan fingerprint density at radius 1 is 1.50 bits per heavy atom. The number of aliphatic hydroxyl groups is 1. The van der Waals surface area contributed by atoms with Gasteiger partial charge in [-0.15, -0.1) is 11.3 Å². The summed E-state index contributed by atoms with van der Waals surface area (Å²) in [5.41, 5.74) is 1.72. The van der Waals surface area contributed by atoms with Crippen LogP contribution in [0.15, 0.2) is 27.7 Å². The Morgan fingerprint density at radius 3 is 3.00 bits per heavy atom. The van der Waals surface area contributed by atoms with Gasteiger partial charge in [0, 0.05) is 6.42 Å². The second kappa shape index (κ2) is 3.16. The molecule has 0 bridgehead atoms. The molecule has 0 unspecified atom stereocenters. The predicted molar refractivity (Wildman–Crippen MR) is 50.0 cm³/mol. The van der Waals surface area contributed by atoms with Crippen molar-refractivity contribution in [2.75, 3.05) is 6.61 Å². The molecule has 0 saturated heterocycles. The van der Waals surface area contributed by atoms with Crippen LogP contribution in [0.4, 0.5) is 0 Å². The van der Waals surface area contributed by atoms with E-state index in [2.05, 4.69) is 10.2 Å². The van der Waals surface area contributed by atoms with E-state index in [4.69, 9.17) is 5.11 Å². The molecule has 0 radical (unpaired) electrons. The van der Waals surface area contributed by atoms with Gasteiger partial charge in [-0.1, -0.05) is 6.07 Å². The number of nitrogens with zero attached hydrogens (tertiary/aromatic N) is 2. The minimum absolute atomic E-state index is 0.0123. The number of hydrogen-bond acceptors (Lipinski definition) is 4. The summed E-state index contributed by atoms with van der Waals surface area (Å²) in [6.07, 6.45) is 0.691. The molecular weight excluding hydrogens is 172 g/mol. The van der Waals surface area contributed by atoms with Gasteiger partial charge in [0.1, 0.15) is 0 Å². The monoisotopic (exact) mass is 180 g/mol. The lowest BCUT2D eigenvalue weighted by molar-refractivity contribution is 0.356. The summed E-state index contributed by atoms with van der Waals surface area (Å²) in [6, 6.07) is 4.00. The Hall–Kier alpha value is -1.00. The Kier molecular flexibility index (Phi) is 2.01. The van der Waals surface area contributed by atoms with Crippen LogP contribution in [0.5, 0.6) is 0 Å². The smallest absolute Gasteiger partial charge is 0.0859 e. The molecule has 12 heavy (non-hydrogen) atoms. The standard InChI is InChI=1S/C8H8N2OS/c11-5-6-4-7(10-9-6)8-2-1-3-12-8/h1-3,11H,4-5H2. The molecule has 0 spiro atoms. The van der Waals surface area contributed by atoms with Crippen LogP contribution >= 0.6 is 11.3 Å². The molecule has 0 aromatic carbocycles. The zero-order valence-electron chi connectivity index (χ0n) is 6.40. The summed E-state index contributed by atoms with van der Waals surface area (Å²) in [5.74, 6) is 0. The summed E-state index contributed by atoms with van der Waals surface area (Å²) < 4.78 is 0. The van der Waals surface area contributed by atoms with Gasteiger partial charge in [-0.05, 0) is 11.4 Å². The Labute approximate surface area is 74.1 Å². The molecule has 1 aromatic rings. The van der Waals surface area contributed by atoms with Crippen LogP contribution in [-0.4, -0.2) is 23.1 Å². The van der Waals surface area contributed by atoms with Gasteiger partial charge in [-0.3, -0.25) is 0 Å². The first kappa shape index (κ1) is 7.64. The number of rotatable bonds is 2. The van der Waals surface area contributed by atoms with Crippen molar-refractivity contribution in [1.29, 1.82) is 0 Å². The predicted octanol–water partition coefficient (Wildman–Crippen LogP) is 1.29. The fraction of sp³-hybridized carbons (Fsp3) is 0.250. The van der Waals surface area contributed by atoms with Gasteiger partial charge in [0.25, 0.3) is 0 Å². The van der Waals surface area contributed by atoms with Crippen LogP contribution < -0.4 is 0 Å². The lowest BCUT2D eigenvalue weighted by Crippen LogP contribution is -2.05. The first-order chi connectivity index (χ1) is 5.90. The van der Waals surface area contributed by atoms with Crippen LogP contribution in [0.3, 0.4) is 0 Å². The molecule has 1 N–H and O–H groups in total. The summed E-state index contributed by atoms with van der Waals surface area (Å²) in [6.45, 7) is 0.0123. The third kappa shape index (κ3) is 1.31. The fourth-order valence-electron chi connectivity index (χ4n) is 1.06. The highest BCUT2D eigenvalue weighted by molar-refractivity contribution is 7.12. The van der Waals surface area contributed by atoms with Crippen LogP contribution in [0.25, 0.3) is 0 Å². The van der Waals surface area contributed by atoms with Crippen molar-refractivity contribution in [1.82, 2.24) is 0 Å². The first-order valence-corrected chi connectivity index (χ1v) is 4.55. The van der Waals surface area contributed by atoms with Crippen molar-refractivity contribution in [3.05, 3.63) is 22.4 Å². The lowest BCUT2D eigenvalue weighted by Gasteiger charge is -1.93. The second-order valence-electron chi connectivity index (χ2n) is 2.53. The van der Waals surface area contributed by atoms with E-state index in [-0.39, 0.29) is 6.61 Å². The highest BCUT2D eigenvalue weighted by Gasteiger charge is 2.13. The van der Waals surface area contributed by atoms with Crippen LogP contribution in [0, 0.1) is 0 Å². The minimum Gasteiger partial charge on any atom is -0.390 e. The van der Waals surface area contributed by atoms with Crippen molar-refractivity contribution in [3.8, 4) is 0 Å². The molecule has 1 aliphatic rings. The van der Waals surface area contributed by atoms with Gasteiger partial charge < -0.3 is 5.11 Å². The maximum Gasteiger partial charge on any atom is 0.0859 e. The van der Waals surface area contributed by atoms with E-state index in [9.17, 15) is 0 Å². The normalized spacial score (nSPS) is 16.1. The van der Waals surface area contributed by atoms with E-state index < -0.39 is 0 Å². The summed E-state index contributed by atoms with van der Waals surface area (Å²) in [4.78, 5) is 1.14. The van der Waals surface area contributed by atoms with Gasteiger partial charge in [0.05, 0.1) is 22.9 Å². The van der Waals surface area contributed by atoms with Crippen LogP contribution in [0.1, 0.15) is 11.3 Å². The molecule has 3 nitrogen and oxygen atoms in total. The number of thiophene rings is 1. The van der Waals surface area contributed by atoms with Crippen LogP contribution in [-0.2, 0) is 0 Å². The first-order valence-electron chi connectivity index (χ1n) is 3.67. The molecule has 2 rings (SSSR count). The number of hydrogen-bond donors (Lipinski definition) is 1. The topological polar surface area (TPSA) is 45.0 Å². The molecule has 0 atom stereocenters. The molecule has 0 aliphatic carbocycles. The van der Waals surface area contributed by atoms with E-state index in [1.165, 1.54) is 0 Å².